The quantitative estimate of drug-likeness (QED) is 0.683. The molecule has 18 heavy (non-hydrogen) atoms. The Morgan fingerprint density at radius 2 is 2.33 bits per heavy atom. The number of nitrogens with zero attached hydrogens (tertiary/aromatic N) is 2. The lowest BCUT2D eigenvalue weighted by molar-refractivity contribution is 0.0600. The van der Waals surface area contributed by atoms with Gasteiger partial charge in [-0.15, -0.1) is 10.2 Å². The molecule has 0 aliphatic rings. The lowest BCUT2D eigenvalue weighted by Crippen LogP contribution is -2.01. The van der Waals surface area contributed by atoms with Crippen LogP contribution in [0.15, 0.2) is 28.6 Å². The van der Waals surface area contributed by atoms with Crippen LogP contribution in [0, 0.1) is 0 Å². The molecule has 1 heterocycles. The maximum Gasteiger partial charge on any atom is 0.337 e. The van der Waals surface area contributed by atoms with E-state index in [1.165, 1.54) is 30.2 Å². The predicted molar refractivity (Wildman–Crippen MR) is 71.7 cm³/mol. The summed E-state index contributed by atoms with van der Waals surface area (Å²) < 4.78 is 5.49. The molecule has 0 saturated carbocycles. The highest BCUT2D eigenvalue weighted by molar-refractivity contribution is 8.00. The molecule has 0 aliphatic heterocycles. The Hall–Kier alpha value is -1.60. The Bertz CT molecular complexity index is 557. The van der Waals surface area contributed by atoms with E-state index in [0.717, 1.165) is 9.90 Å². The number of carbonyl (C=O) groups excluding carboxylic acids is 1. The van der Waals surface area contributed by atoms with Gasteiger partial charge in [0.05, 0.1) is 12.7 Å². The molecule has 1 aromatic heterocycles. The molecule has 0 spiro atoms. The van der Waals surface area contributed by atoms with E-state index in [2.05, 4.69) is 14.9 Å². The van der Waals surface area contributed by atoms with Crippen LogP contribution in [0.25, 0.3) is 0 Å². The molecule has 1 aromatic carbocycles. The van der Waals surface area contributed by atoms with Crippen LogP contribution in [0.5, 0.6) is 0 Å². The fourth-order valence-electron chi connectivity index (χ4n) is 1.33. The molecule has 0 saturated heterocycles. The van der Waals surface area contributed by atoms with Crippen molar-refractivity contribution >= 4 is 34.2 Å². The van der Waals surface area contributed by atoms with Gasteiger partial charge in [-0.2, -0.15) is 0 Å². The minimum absolute atomic E-state index is 0.331. The van der Waals surface area contributed by atoms with Crippen LogP contribution in [0.2, 0.25) is 0 Å². The smallest absolute Gasteiger partial charge is 0.337 e. The van der Waals surface area contributed by atoms with E-state index < -0.39 is 0 Å². The van der Waals surface area contributed by atoms with E-state index in [-0.39, 0.29) is 5.97 Å². The SMILES string of the molecule is COC(=O)c1cccc(CSc2nnc(N)s2)c1. The van der Waals surface area contributed by atoms with Gasteiger partial charge in [-0.25, -0.2) is 4.79 Å². The summed E-state index contributed by atoms with van der Waals surface area (Å²) >= 11 is 2.88. The first-order valence-corrected chi connectivity index (χ1v) is 6.88. The average Bonchev–Trinajstić information content (AvgIpc) is 2.81. The number of benzene rings is 1. The third kappa shape index (κ3) is 3.21. The normalized spacial score (nSPS) is 10.3. The third-order valence-corrected chi connectivity index (χ3v) is 4.09. The standard InChI is InChI=1S/C11H11N3O2S2/c1-16-9(15)8-4-2-3-7(5-8)6-17-11-14-13-10(12)18-11/h2-5H,6H2,1H3,(H2,12,13). The van der Waals surface area contributed by atoms with Crippen LogP contribution in [0.3, 0.4) is 0 Å². The van der Waals surface area contributed by atoms with Gasteiger partial charge in [0.15, 0.2) is 4.34 Å². The van der Waals surface area contributed by atoms with Crippen molar-refractivity contribution in [1.29, 1.82) is 0 Å². The molecule has 94 valence electrons. The van der Waals surface area contributed by atoms with E-state index >= 15 is 0 Å². The van der Waals surface area contributed by atoms with Crippen molar-refractivity contribution < 1.29 is 9.53 Å². The molecule has 2 N–H and O–H groups in total. The van der Waals surface area contributed by atoms with E-state index in [9.17, 15) is 4.79 Å². The van der Waals surface area contributed by atoms with Crippen LogP contribution >= 0.6 is 23.1 Å². The second-order valence-corrected chi connectivity index (χ2v) is 5.62. The number of aromatic nitrogens is 2. The topological polar surface area (TPSA) is 78.1 Å². The number of carbonyl (C=O) groups is 1. The van der Waals surface area contributed by atoms with Gasteiger partial charge < -0.3 is 10.5 Å². The van der Waals surface area contributed by atoms with Crippen molar-refractivity contribution in [3.63, 3.8) is 0 Å². The molecular formula is C11H11N3O2S2. The van der Waals surface area contributed by atoms with Crippen molar-refractivity contribution in [1.82, 2.24) is 10.2 Å². The first kappa shape index (κ1) is 12.8. The maximum atomic E-state index is 11.4. The second kappa shape index (κ2) is 5.83. The van der Waals surface area contributed by atoms with Crippen LogP contribution < -0.4 is 5.73 Å². The molecule has 0 unspecified atom stereocenters. The molecule has 0 radical (unpaired) electrons. The summed E-state index contributed by atoms with van der Waals surface area (Å²) in [5.74, 6) is 0.376. The Balaban J connectivity index is 2.03. The first-order valence-electron chi connectivity index (χ1n) is 5.08. The van der Waals surface area contributed by atoms with Crippen LogP contribution in [0.4, 0.5) is 5.13 Å². The molecule has 5 nitrogen and oxygen atoms in total. The number of hydrogen-bond donors (Lipinski definition) is 1. The fourth-order valence-corrected chi connectivity index (χ4v) is 2.91. The van der Waals surface area contributed by atoms with Crippen LogP contribution in [0.1, 0.15) is 15.9 Å². The zero-order valence-electron chi connectivity index (χ0n) is 9.62. The number of thioether (sulfide) groups is 1. The van der Waals surface area contributed by atoms with Gasteiger partial charge in [-0.05, 0) is 17.7 Å². The number of anilines is 1. The number of hydrogen-bond acceptors (Lipinski definition) is 7. The van der Waals surface area contributed by atoms with E-state index in [1.54, 1.807) is 6.07 Å². The Kier molecular flexibility index (Phi) is 4.16. The van der Waals surface area contributed by atoms with Crippen molar-refractivity contribution in [2.24, 2.45) is 0 Å². The minimum Gasteiger partial charge on any atom is -0.465 e. The predicted octanol–water partition coefficient (Wildman–Crippen LogP) is 2.20. The van der Waals surface area contributed by atoms with Crippen molar-refractivity contribution in [2.75, 3.05) is 12.8 Å². The lowest BCUT2D eigenvalue weighted by Gasteiger charge is -2.02. The lowest BCUT2D eigenvalue weighted by atomic mass is 10.1. The number of esters is 1. The van der Waals surface area contributed by atoms with Crippen molar-refractivity contribution in [3.05, 3.63) is 35.4 Å². The third-order valence-electron chi connectivity index (χ3n) is 2.13. The molecule has 0 bridgehead atoms. The van der Waals surface area contributed by atoms with Gasteiger partial charge in [-0.3, -0.25) is 0 Å². The molecule has 7 heteroatoms. The minimum atomic E-state index is -0.331. The maximum absolute atomic E-state index is 11.4. The summed E-state index contributed by atoms with van der Waals surface area (Å²) in [4.78, 5) is 11.4. The number of ether oxygens (including phenoxy) is 1. The Morgan fingerprint density at radius 3 is 3.00 bits per heavy atom. The Morgan fingerprint density at radius 1 is 1.50 bits per heavy atom. The van der Waals surface area contributed by atoms with Gasteiger partial charge >= 0.3 is 5.97 Å². The summed E-state index contributed by atoms with van der Waals surface area (Å²) in [5, 5.41) is 8.12. The highest BCUT2D eigenvalue weighted by Crippen LogP contribution is 2.27. The molecule has 2 aromatic rings. The van der Waals surface area contributed by atoms with Gasteiger partial charge in [0.1, 0.15) is 0 Å². The van der Waals surface area contributed by atoms with Gasteiger partial charge in [-0.1, -0.05) is 35.2 Å². The summed E-state index contributed by atoms with van der Waals surface area (Å²) in [6.45, 7) is 0. The van der Waals surface area contributed by atoms with E-state index in [1.807, 2.05) is 18.2 Å². The van der Waals surface area contributed by atoms with Gasteiger partial charge in [0.2, 0.25) is 5.13 Å². The molecule has 0 amide bonds. The van der Waals surface area contributed by atoms with Crippen molar-refractivity contribution in [2.45, 2.75) is 10.1 Å². The van der Waals surface area contributed by atoms with Gasteiger partial charge in [0, 0.05) is 5.75 Å². The molecule has 0 atom stereocenters. The van der Waals surface area contributed by atoms with Gasteiger partial charge in [0.25, 0.3) is 0 Å². The average molecular weight is 281 g/mol. The second-order valence-electron chi connectivity index (χ2n) is 3.39. The van der Waals surface area contributed by atoms with Crippen LogP contribution in [-0.4, -0.2) is 23.3 Å². The number of nitrogens with two attached hydrogens (primary N) is 1. The summed E-state index contributed by atoms with van der Waals surface area (Å²) in [5.41, 5.74) is 7.07. The summed E-state index contributed by atoms with van der Waals surface area (Å²) in [6.07, 6.45) is 0. The number of rotatable bonds is 4. The molecular weight excluding hydrogens is 270 g/mol. The monoisotopic (exact) mass is 281 g/mol. The molecule has 2 rings (SSSR count). The zero-order chi connectivity index (χ0) is 13.0. The van der Waals surface area contributed by atoms with Crippen molar-refractivity contribution in [3.8, 4) is 0 Å². The Labute approximate surface area is 112 Å². The first-order chi connectivity index (χ1) is 8.69. The molecule has 0 fully saturated rings. The number of nitrogen functional groups attached to an aromatic ring is 1. The molecule has 0 aliphatic carbocycles. The van der Waals surface area contributed by atoms with Crippen LogP contribution in [-0.2, 0) is 10.5 Å². The highest BCUT2D eigenvalue weighted by Gasteiger charge is 2.07. The zero-order valence-corrected chi connectivity index (χ0v) is 11.3. The van der Waals surface area contributed by atoms with E-state index in [0.29, 0.717) is 16.4 Å². The number of methoxy groups -OCH3 is 1. The highest BCUT2D eigenvalue weighted by atomic mass is 32.2. The fraction of sp³-hybridized carbons (Fsp3) is 0.182. The largest absolute Gasteiger partial charge is 0.465 e. The summed E-state index contributed by atoms with van der Waals surface area (Å²) in [6, 6.07) is 7.31. The van der Waals surface area contributed by atoms with E-state index in [4.69, 9.17) is 5.73 Å². The summed E-state index contributed by atoms with van der Waals surface area (Å²) in [7, 11) is 1.37.